The van der Waals surface area contributed by atoms with Gasteiger partial charge in [0.2, 0.25) is 0 Å². The Morgan fingerprint density at radius 1 is 1.12 bits per heavy atom. The molecule has 0 unspecified atom stereocenters. The molecule has 3 rings (SSSR count). The number of fused-ring (bicyclic) bond motifs is 1. The van der Waals surface area contributed by atoms with Crippen molar-refractivity contribution in [3.05, 3.63) is 35.4 Å². The third-order valence-electron chi connectivity index (χ3n) is 2.78. The monoisotopic (exact) mass is 227 g/mol. The average molecular weight is 227 g/mol. The summed E-state index contributed by atoms with van der Waals surface area (Å²) in [5.74, 6) is 2.58. The quantitative estimate of drug-likeness (QED) is 0.694. The number of aromatic nitrogens is 3. The van der Waals surface area contributed by atoms with E-state index in [0.717, 1.165) is 39.8 Å². The first-order chi connectivity index (χ1) is 8.13. The molecular formula is C13H13N3O. The maximum atomic E-state index is 5.51. The second-order valence-electron chi connectivity index (χ2n) is 4.24. The maximum absolute atomic E-state index is 5.51. The van der Waals surface area contributed by atoms with Crippen LogP contribution in [0.4, 0.5) is 0 Å². The normalized spacial score (nSPS) is 11.2. The largest absolute Gasteiger partial charge is 0.466 e. The number of nitrogens with one attached hydrogen (secondary N) is 1. The van der Waals surface area contributed by atoms with E-state index in [9.17, 15) is 0 Å². The standard InChI is InChI=1S/C13H13N3O/c1-7-4-5-11-13(14-7)16-12(15-11)10-6-8(2)17-9(10)3/h4-6H,1-3H3,(H,14,15,16). The summed E-state index contributed by atoms with van der Waals surface area (Å²) in [6.07, 6.45) is 0. The highest BCUT2D eigenvalue weighted by Gasteiger charge is 2.12. The van der Waals surface area contributed by atoms with Crippen molar-refractivity contribution in [3.8, 4) is 11.4 Å². The van der Waals surface area contributed by atoms with Gasteiger partial charge in [-0.3, -0.25) is 0 Å². The van der Waals surface area contributed by atoms with Gasteiger partial charge in [-0.05, 0) is 39.0 Å². The Labute approximate surface area is 98.7 Å². The highest BCUT2D eigenvalue weighted by atomic mass is 16.3. The lowest BCUT2D eigenvalue weighted by molar-refractivity contribution is 0.505. The molecule has 0 bridgehead atoms. The van der Waals surface area contributed by atoms with Crippen molar-refractivity contribution >= 4 is 11.2 Å². The van der Waals surface area contributed by atoms with E-state index in [1.807, 2.05) is 39.0 Å². The minimum absolute atomic E-state index is 0.748. The minimum atomic E-state index is 0.748. The zero-order chi connectivity index (χ0) is 12.0. The molecule has 0 atom stereocenters. The van der Waals surface area contributed by atoms with E-state index < -0.39 is 0 Å². The molecule has 0 spiro atoms. The molecule has 86 valence electrons. The maximum Gasteiger partial charge on any atom is 0.178 e. The summed E-state index contributed by atoms with van der Waals surface area (Å²) >= 11 is 0. The van der Waals surface area contributed by atoms with Gasteiger partial charge in [0.1, 0.15) is 17.3 Å². The molecule has 0 aliphatic carbocycles. The Morgan fingerprint density at radius 2 is 1.94 bits per heavy atom. The highest BCUT2D eigenvalue weighted by Crippen LogP contribution is 2.25. The molecule has 17 heavy (non-hydrogen) atoms. The van der Waals surface area contributed by atoms with E-state index >= 15 is 0 Å². The fourth-order valence-electron chi connectivity index (χ4n) is 1.98. The van der Waals surface area contributed by atoms with Crippen molar-refractivity contribution in [1.29, 1.82) is 0 Å². The molecule has 0 aliphatic rings. The summed E-state index contributed by atoms with van der Waals surface area (Å²) < 4.78 is 5.51. The van der Waals surface area contributed by atoms with Crippen LogP contribution in [0.3, 0.4) is 0 Å². The predicted molar refractivity (Wildman–Crippen MR) is 65.8 cm³/mol. The van der Waals surface area contributed by atoms with E-state index in [4.69, 9.17) is 4.42 Å². The van der Waals surface area contributed by atoms with Crippen LogP contribution < -0.4 is 0 Å². The number of furan rings is 1. The van der Waals surface area contributed by atoms with Gasteiger partial charge in [-0.2, -0.15) is 0 Å². The molecule has 4 heteroatoms. The van der Waals surface area contributed by atoms with Crippen LogP contribution in [0.1, 0.15) is 17.2 Å². The van der Waals surface area contributed by atoms with Crippen LogP contribution >= 0.6 is 0 Å². The molecule has 0 amide bonds. The van der Waals surface area contributed by atoms with Gasteiger partial charge in [0.25, 0.3) is 0 Å². The molecule has 3 aromatic rings. The molecule has 3 aromatic heterocycles. The summed E-state index contributed by atoms with van der Waals surface area (Å²) in [5, 5.41) is 0. The van der Waals surface area contributed by atoms with E-state index in [-0.39, 0.29) is 0 Å². The van der Waals surface area contributed by atoms with Crippen LogP contribution in [0.2, 0.25) is 0 Å². The predicted octanol–water partition coefficient (Wildman–Crippen LogP) is 3.14. The first kappa shape index (κ1) is 10.1. The Bertz CT molecular complexity index is 694. The number of H-pyrrole nitrogens is 1. The number of aromatic amines is 1. The Balaban J connectivity index is 2.21. The number of imidazole rings is 1. The summed E-state index contributed by atoms with van der Waals surface area (Å²) in [6.45, 7) is 5.83. The number of aryl methyl sites for hydroxylation is 3. The topological polar surface area (TPSA) is 54.7 Å². The Morgan fingerprint density at radius 3 is 2.65 bits per heavy atom. The number of nitrogens with zero attached hydrogens (tertiary/aromatic N) is 2. The second-order valence-corrected chi connectivity index (χ2v) is 4.24. The van der Waals surface area contributed by atoms with E-state index in [1.165, 1.54) is 0 Å². The molecule has 0 saturated carbocycles. The zero-order valence-corrected chi connectivity index (χ0v) is 10.0. The van der Waals surface area contributed by atoms with Gasteiger partial charge < -0.3 is 9.40 Å². The van der Waals surface area contributed by atoms with Gasteiger partial charge in [-0.1, -0.05) is 0 Å². The van der Waals surface area contributed by atoms with Gasteiger partial charge in [0.05, 0.1) is 11.1 Å². The van der Waals surface area contributed by atoms with Gasteiger partial charge in [0.15, 0.2) is 5.65 Å². The van der Waals surface area contributed by atoms with Crippen molar-refractivity contribution in [3.63, 3.8) is 0 Å². The lowest BCUT2D eigenvalue weighted by Gasteiger charge is -1.90. The van der Waals surface area contributed by atoms with Crippen LogP contribution in [0.25, 0.3) is 22.6 Å². The summed E-state index contributed by atoms with van der Waals surface area (Å²) in [5.41, 5.74) is 3.66. The van der Waals surface area contributed by atoms with Crippen molar-refractivity contribution in [2.45, 2.75) is 20.8 Å². The molecule has 0 aliphatic heterocycles. The zero-order valence-electron chi connectivity index (χ0n) is 10.0. The van der Waals surface area contributed by atoms with Crippen molar-refractivity contribution in [1.82, 2.24) is 15.0 Å². The summed E-state index contributed by atoms with van der Waals surface area (Å²) in [4.78, 5) is 12.1. The Kier molecular flexibility index (Phi) is 2.04. The van der Waals surface area contributed by atoms with E-state index in [0.29, 0.717) is 0 Å². The number of pyridine rings is 1. The first-order valence-corrected chi connectivity index (χ1v) is 5.54. The van der Waals surface area contributed by atoms with Crippen LogP contribution in [0, 0.1) is 20.8 Å². The van der Waals surface area contributed by atoms with Crippen LogP contribution in [0.5, 0.6) is 0 Å². The number of hydrogen-bond donors (Lipinski definition) is 1. The van der Waals surface area contributed by atoms with Crippen LogP contribution in [-0.4, -0.2) is 15.0 Å². The first-order valence-electron chi connectivity index (χ1n) is 5.54. The van der Waals surface area contributed by atoms with Crippen molar-refractivity contribution in [2.75, 3.05) is 0 Å². The Hall–Kier alpha value is -2.10. The van der Waals surface area contributed by atoms with Gasteiger partial charge in [-0.15, -0.1) is 0 Å². The molecule has 0 fully saturated rings. The highest BCUT2D eigenvalue weighted by molar-refractivity contribution is 5.76. The average Bonchev–Trinajstić information content (AvgIpc) is 2.80. The second kappa shape index (κ2) is 3.45. The molecule has 0 radical (unpaired) electrons. The van der Waals surface area contributed by atoms with E-state index in [2.05, 4.69) is 15.0 Å². The lowest BCUT2D eigenvalue weighted by Crippen LogP contribution is -1.81. The third kappa shape index (κ3) is 1.62. The van der Waals surface area contributed by atoms with E-state index in [1.54, 1.807) is 0 Å². The molecule has 0 saturated heterocycles. The fourth-order valence-corrected chi connectivity index (χ4v) is 1.98. The lowest BCUT2D eigenvalue weighted by atomic mass is 10.2. The van der Waals surface area contributed by atoms with Crippen molar-refractivity contribution in [2.24, 2.45) is 0 Å². The smallest absolute Gasteiger partial charge is 0.178 e. The van der Waals surface area contributed by atoms with Crippen LogP contribution in [0.15, 0.2) is 22.6 Å². The number of rotatable bonds is 1. The summed E-state index contributed by atoms with van der Waals surface area (Å²) in [7, 11) is 0. The third-order valence-corrected chi connectivity index (χ3v) is 2.78. The van der Waals surface area contributed by atoms with Crippen LogP contribution in [-0.2, 0) is 0 Å². The fraction of sp³-hybridized carbons (Fsp3) is 0.231. The number of hydrogen-bond acceptors (Lipinski definition) is 3. The van der Waals surface area contributed by atoms with Gasteiger partial charge >= 0.3 is 0 Å². The summed E-state index contributed by atoms with van der Waals surface area (Å²) in [6, 6.07) is 5.95. The molecule has 4 nitrogen and oxygen atoms in total. The SMILES string of the molecule is Cc1ccc2[nH]c(-c3cc(C)oc3C)nc2n1. The molecular weight excluding hydrogens is 214 g/mol. The molecule has 0 aromatic carbocycles. The minimum Gasteiger partial charge on any atom is -0.466 e. The van der Waals surface area contributed by atoms with Crippen molar-refractivity contribution < 1.29 is 4.42 Å². The van der Waals surface area contributed by atoms with Gasteiger partial charge in [0, 0.05) is 5.69 Å². The molecule has 3 heterocycles. The van der Waals surface area contributed by atoms with Gasteiger partial charge in [-0.25, -0.2) is 9.97 Å². The molecule has 1 N–H and O–H groups in total.